The molecule has 0 radical (unpaired) electrons. The van der Waals surface area contributed by atoms with Gasteiger partial charge in [-0.2, -0.15) is 0 Å². The van der Waals surface area contributed by atoms with E-state index in [1.54, 1.807) is 11.3 Å². The van der Waals surface area contributed by atoms with E-state index in [1.165, 1.54) is 10.4 Å². The molecule has 2 nitrogen and oxygen atoms in total. The lowest BCUT2D eigenvalue weighted by Crippen LogP contribution is -2.06. The highest BCUT2D eigenvalue weighted by Gasteiger charge is 2.10. The fourth-order valence-corrected chi connectivity index (χ4v) is 3.23. The van der Waals surface area contributed by atoms with Gasteiger partial charge >= 0.3 is 0 Å². The summed E-state index contributed by atoms with van der Waals surface area (Å²) < 4.78 is 5.58. The van der Waals surface area contributed by atoms with Gasteiger partial charge in [-0.25, -0.2) is 0 Å². The molecule has 1 aromatic heterocycles. The Bertz CT molecular complexity index is 567. The summed E-state index contributed by atoms with van der Waals surface area (Å²) >= 11 is 8.02. The molecule has 0 amide bonds. The highest BCUT2D eigenvalue weighted by atomic mass is 35.5. The molecule has 0 aliphatic carbocycles. The van der Waals surface area contributed by atoms with Gasteiger partial charge in [-0.1, -0.05) is 18.5 Å². The smallest absolute Gasteiger partial charge is 0.138 e. The van der Waals surface area contributed by atoms with Crippen LogP contribution in [0.15, 0.2) is 29.6 Å². The van der Waals surface area contributed by atoms with Gasteiger partial charge in [0, 0.05) is 10.6 Å². The van der Waals surface area contributed by atoms with Crippen molar-refractivity contribution < 1.29 is 4.74 Å². The Kier molecular flexibility index (Phi) is 5.32. The molecule has 108 valence electrons. The molecule has 1 N–H and O–H groups in total. The van der Waals surface area contributed by atoms with Crippen LogP contribution in [0.3, 0.4) is 0 Å². The summed E-state index contributed by atoms with van der Waals surface area (Å²) in [7, 11) is 0. The summed E-state index contributed by atoms with van der Waals surface area (Å²) in [6, 6.07) is 8.28. The monoisotopic (exact) mass is 309 g/mol. The van der Waals surface area contributed by atoms with Crippen LogP contribution >= 0.6 is 22.9 Å². The maximum Gasteiger partial charge on any atom is 0.138 e. The molecule has 0 fully saturated rings. The number of anilines is 1. The van der Waals surface area contributed by atoms with E-state index in [9.17, 15) is 0 Å². The van der Waals surface area contributed by atoms with Crippen LogP contribution in [0.1, 0.15) is 36.8 Å². The van der Waals surface area contributed by atoms with Crippen LogP contribution in [0.4, 0.5) is 5.69 Å². The minimum Gasteiger partial charge on any atom is -0.492 e. The van der Waals surface area contributed by atoms with Gasteiger partial charge in [-0.3, -0.25) is 0 Å². The van der Waals surface area contributed by atoms with Crippen LogP contribution in [-0.4, -0.2) is 6.61 Å². The van der Waals surface area contributed by atoms with E-state index < -0.39 is 0 Å². The molecule has 1 atom stereocenters. The maximum absolute atomic E-state index is 6.24. The van der Waals surface area contributed by atoms with Crippen molar-refractivity contribution in [2.75, 3.05) is 11.9 Å². The fraction of sp³-hybridized carbons (Fsp3) is 0.375. The Labute approximate surface area is 129 Å². The van der Waals surface area contributed by atoms with Crippen molar-refractivity contribution in [3.05, 3.63) is 45.1 Å². The molecule has 0 aliphatic rings. The Hall–Kier alpha value is -1.19. The second kappa shape index (κ2) is 7.00. The summed E-state index contributed by atoms with van der Waals surface area (Å²) in [6.45, 7) is 7.07. The summed E-state index contributed by atoms with van der Waals surface area (Å²) in [4.78, 5) is 1.35. The molecule has 1 unspecified atom stereocenters. The first-order valence-corrected chi connectivity index (χ1v) is 8.10. The minimum atomic E-state index is 0.272. The lowest BCUT2D eigenvalue weighted by Gasteiger charge is -2.16. The third-order valence-corrected chi connectivity index (χ3v) is 4.57. The SMILES string of the molecule is CCCOc1ccc(NC(C)c2sccc2C)cc1Cl. The van der Waals surface area contributed by atoms with E-state index >= 15 is 0 Å². The number of hydrogen-bond acceptors (Lipinski definition) is 3. The van der Waals surface area contributed by atoms with Crippen molar-refractivity contribution in [2.45, 2.75) is 33.2 Å². The van der Waals surface area contributed by atoms with Gasteiger partial charge in [0.15, 0.2) is 0 Å². The lowest BCUT2D eigenvalue weighted by atomic mass is 10.2. The van der Waals surface area contributed by atoms with E-state index in [-0.39, 0.29) is 6.04 Å². The number of aryl methyl sites for hydroxylation is 1. The van der Waals surface area contributed by atoms with E-state index in [0.717, 1.165) is 17.9 Å². The number of thiophene rings is 1. The zero-order valence-electron chi connectivity index (χ0n) is 12.1. The molecule has 20 heavy (non-hydrogen) atoms. The van der Waals surface area contributed by atoms with Crippen molar-refractivity contribution in [1.82, 2.24) is 0 Å². The first kappa shape index (κ1) is 15.2. The summed E-state index contributed by atoms with van der Waals surface area (Å²) in [6.07, 6.45) is 0.977. The van der Waals surface area contributed by atoms with Gasteiger partial charge in [0.05, 0.1) is 17.7 Å². The van der Waals surface area contributed by atoms with Crippen molar-refractivity contribution >= 4 is 28.6 Å². The predicted molar refractivity (Wildman–Crippen MR) is 88.3 cm³/mol. The highest BCUT2D eigenvalue weighted by molar-refractivity contribution is 7.10. The van der Waals surface area contributed by atoms with Gasteiger partial charge in [-0.05, 0) is 55.5 Å². The van der Waals surface area contributed by atoms with Gasteiger partial charge < -0.3 is 10.1 Å². The minimum absolute atomic E-state index is 0.272. The van der Waals surface area contributed by atoms with Crippen molar-refractivity contribution in [2.24, 2.45) is 0 Å². The van der Waals surface area contributed by atoms with Crippen LogP contribution in [-0.2, 0) is 0 Å². The molecule has 2 aromatic rings. The average molecular weight is 310 g/mol. The molecule has 1 aromatic carbocycles. The first-order valence-electron chi connectivity index (χ1n) is 6.84. The second-order valence-corrected chi connectivity index (χ2v) is 6.18. The highest BCUT2D eigenvalue weighted by Crippen LogP contribution is 2.31. The van der Waals surface area contributed by atoms with E-state index in [4.69, 9.17) is 16.3 Å². The molecular formula is C16H20ClNOS. The van der Waals surface area contributed by atoms with E-state index in [0.29, 0.717) is 11.6 Å². The number of nitrogens with one attached hydrogen (secondary N) is 1. The van der Waals surface area contributed by atoms with Crippen LogP contribution in [0, 0.1) is 6.92 Å². The lowest BCUT2D eigenvalue weighted by molar-refractivity contribution is 0.317. The second-order valence-electron chi connectivity index (χ2n) is 4.83. The van der Waals surface area contributed by atoms with Crippen LogP contribution in [0.5, 0.6) is 5.75 Å². The Balaban J connectivity index is 2.07. The number of ether oxygens (including phenoxy) is 1. The summed E-state index contributed by atoms with van der Waals surface area (Å²) in [5, 5.41) is 6.25. The van der Waals surface area contributed by atoms with Crippen molar-refractivity contribution in [3.63, 3.8) is 0 Å². The molecule has 0 saturated heterocycles. The van der Waals surface area contributed by atoms with Gasteiger partial charge in [0.25, 0.3) is 0 Å². The quantitative estimate of drug-likeness (QED) is 0.742. The van der Waals surface area contributed by atoms with Crippen LogP contribution in [0.25, 0.3) is 0 Å². The number of hydrogen-bond donors (Lipinski definition) is 1. The number of rotatable bonds is 6. The first-order chi connectivity index (χ1) is 9.61. The molecule has 0 aliphatic heterocycles. The molecule has 1 heterocycles. The molecular weight excluding hydrogens is 290 g/mol. The van der Waals surface area contributed by atoms with Crippen LogP contribution in [0.2, 0.25) is 5.02 Å². The third-order valence-electron chi connectivity index (χ3n) is 3.07. The van der Waals surface area contributed by atoms with E-state index in [1.807, 2.05) is 18.2 Å². The van der Waals surface area contributed by atoms with Crippen LogP contribution < -0.4 is 10.1 Å². The van der Waals surface area contributed by atoms with Gasteiger partial charge in [-0.15, -0.1) is 11.3 Å². The normalized spacial score (nSPS) is 12.2. The zero-order chi connectivity index (χ0) is 14.5. The average Bonchev–Trinajstić information content (AvgIpc) is 2.84. The molecule has 0 saturated carbocycles. The Morgan fingerprint density at radius 2 is 2.15 bits per heavy atom. The predicted octanol–water partition coefficient (Wildman–Crippen LogP) is 5.67. The fourth-order valence-electron chi connectivity index (χ4n) is 2.06. The Morgan fingerprint density at radius 1 is 1.35 bits per heavy atom. The molecule has 4 heteroatoms. The standard InChI is InChI=1S/C16H20ClNOS/c1-4-8-19-15-6-5-13(10-14(15)17)18-12(3)16-11(2)7-9-20-16/h5-7,9-10,12,18H,4,8H2,1-3H3. The Morgan fingerprint density at radius 3 is 2.75 bits per heavy atom. The molecule has 2 rings (SSSR count). The summed E-state index contributed by atoms with van der Waals surface area (Å²) in [5.74, 6) is 0.749. The zero-order valence-corrected chi connectivity index (χ0v) is 13.6. The van der Waals surface area contributed by atoms with Gasteiger partial charge in [0.1, 0.15) is 5.75 Å². The number of halogens is 1. The van der Waals surface area contributed by atoms with E-state index in [2.05, 4.69) is 37.5 Å². The van der Waals surface area contributed by atoms with Crippen molar-refractivity contribution in [1.29, 1.82) is 0 Å². The molecule has 0 spiro atoms. The topological polar surface area (TPSA) is 21.3 Å². The summed E-state index contributed by atoms with van der Waals surface area (Å²) in [5.41, 5.74) is 2.34. The molecule has 0 bridgehead atoms. The van der Waals surface area contributed by atoms with Crippen molar-refractivity contribution in [3.8, 4) is 5.75 Å². The third kappa shape index (κ3) is 3.68. The number of benzene rings is 1. The largest absolute Gasteiger partial charge is 0.492 e. The van der Waals surface area contributed by atoms with Gasteiger partial charge in [0.2, 0.25) is 0 Å². The maximum atomic E-state index is 6.24.